The van der Waals surface area contributed by atoms with Crippen LogP contribution in [0.3, 0.4) is 0 Å². The van der Waals surface area contributed by atoms with Gasteiger partial charge in [-0.2, -0.15) is 17.4 Å². The Balaban J connectivity index is 1.95. The van der Waals surface area contributed by atoms with E-state index in [1.54, 1.807) is 4.31 Å². The third kappa shape index (κ3) is 3.19. The Hall–Kier alpha value is -0.170. The summed E-state index contributed by atoms with van der Waals surface area (Å²) in [5.74, 6) is 0.887. The van der Waals surface area contributed by atoms with Crippen LogP contribution in [0.2, 0.25) is 0 Å². The van der Waals surface area contributed by atoms with Crippen molar-refractivity contribution in [2.24, 2.45) is 17.6 Å². The molecule has 0 bridgehead atoms. The molecule has 1 heterocycles. The highest BCUT2D eigenvalue weighted by Crippen LogP contribution is 2.24. The molecule has 1 aliphatic carbocycles. The van der Waals surface area contributed by atoms with Crippen molar-refractivity contribution in [1.82, 2.24) is 9.03 Å². The van der Waals surface area contributed by atoms with E-state index < -0.39 is 10.2 Å². The Morgan fingerprint density at radius 1 is 1.12 bits per heavy atom. The first kappa shape index (κ1) is 13.3. The van der Waals surface area contributed by atoms with E-state index in [0.29, 0.717) is 24.9 Å². The predicted octanol–water partition coefficient (Wildman–Crippen LogP) is 0.288. The van der Waals surface area contributed by atoms with Gasteiger partial charge in [0.15, 0.2) is 0 Å². The van der Waals surface area contributed by atoms with Crippen LogP contribution in [0.4, 0.5) is 0 Å². The molecule has 0 spiro atoms. The van der Waals surface area contributed by atoms with Crippen LogP contribution in [0, 0.1) is 11.8 Å². The average Bonchev–Trinajstić information content (AvgIpc) is 2.13. The Bertz CT molecular complexity index is 355. The maximum atomic E-state index is 12.2. The summed E-state index contributed by atoms with van der Waals surface area (Å²) in [7, 11) is -3.30. The average molecular weight is 261 g/mol. The summed E-state index contributed by atoms with van der Waals surface area (Å²) in [5, 5.41) is 0. The van der Waals surface area contributed by atoms with Gasteiger partial charge in [-0.25, -0.2) is 0 Å². The normalized spacial score (nSPS) is 39.9. The Labute approximate surface area is 104 Å². The molecule has 5 nitrogen and oxygen atoms in total. The smallest absolute Gasteiger partial charge is 0.279 e. The third-order valence-electron chi connectivity index (χ3n) is 3.67. The lowest BCUT2D eigenvalue weighted by molar-refractivity contribution is 0.216. The monoisotopic (exact) mass is 261 g/mol. The van der Waals surface area contributed by atoms with E-state index in [0.717, 1.165) is 19.3 Å². The molecule has 2 rings (SSSR count). The molecule has 2 aliphatic rings. The highest BCUT2D eigenvalue weighted by molar-refractivity contribution is 7.87. The van der Waals surface area contributed by atoms with E-state index in [1.165, 1.54) is 0 Å². The van der Waals surface area contributed by atoms with Crippen LogP contribution in [0.5, 0.6) is 0 Å². The molecular formula is C11H23N3O2S. The van der Waals surface area contributed by atoms with Crippen molar-refractivity contribution in [2.75, 3.05) is 13.1 Å². The molecule has 0 radical (unpaired) electrons. The topological polar surface area (TPSA) is 75.4 Å². The second kappa shape index (κ2) is 4.84. The number of nitrogens with one attached hydrogen (secondary N) is 1. The molecule has 2 fully saturated rings. The SMILES string of the molecule is CC1CC(C)CN(S(=O)(=O)NC2CC(N)C2)C1. The number of hydrogen-bond acceptors (Lipinski definition) is 3. The molecule has 1 saturated carbocycles. The summed E-state index contributed by atoms with van der Waals surface area (Å²) in [6.07, 6.45) is 2.64. The summed E-state index contributed by atoms with van der Waals surface area (Å²) in [6, 6.07) is 0.212. The maximum Gasteiger partial charge on any atom is 0.279 e. The van der Waals surface area contributed by atoms with E-state index in [4.69, 9.17) is 5.73 Å². The molecule has 2 atom stereocenters. The molecule has 6 heteroatoms. The fraction of sp³-hybridized carbons (Fsp3) is 1.00. The Kier molecular flexibility index (Phi) is 3.77. The molecule has 0 aromatic rings. The summed E-state index contributed by atoms with van der Waals surface area (Å²) >= 11 is 0. The Morgan fingerprint density at radius 2 is 1.65 bits per heavy atom. The maximum absolute atomic E-state index is 12.2. The number of nitrogens with zero attached hydrogens (tertiary/aromatic N) is 1. The lowest BCUT2D eigenvalue weighted by atomic mass is 9.89. The van der Waals surface area contributed by atoms with Crippen LogP contribution in [0.15, 0.2) is 0 Å². The zero-order chi connectivity index (χ0) is 12.6. The van der Waals surface area contributed by atoms with Crippen LogP contribution >= 0.6 is 0 Å². The molecule has 0 aromatic heterocycles. The van der Waals surface area contributed by atoms with Crippen molar-refractivity contribution in [3.63, 3.8) is 0 Å². The standard InChI is InChI=1S/C11H23N3O2S/c1-8-3-9(2)7-14(6-8)17(15,16)13-11-4-10(12)5-11/h8-11,13H,3-7,12H2,1-2H3. The van der Waals surface area contributed by atoms with Crippen molar-refractivity contribution < 1.29 is 8.42 Å². The molecule has 1 saturated heterocycles. The molecule has 0 amide bonds. The zero-order valence-electron chi connectivity index (χ0n) is 10.6. The number of rotatable bonds is 3. The summed E-state index contributed by atoms with van der Waals surface area (Å²) < 4.78 is 28.7. The van der Waals surface area contributed by atoms with E-state index in [9.17, 15) is 8.42 Å². The molecule has 1 aliphatic heterocycles. The van der Waals surface area contributed by atoms with Gasteiger partial charge in [0.2, 0.25) is 0 Å². The van der Waals surface area contributed by atoms with Crippen LogP contribution in [0.1, 0.15) is 33.1 Å². The lowest BCUT2D eigenvalue weighted by Gasteiger charge is -2.38. The summed E-state index contributed by atoms with van der Waals surface area (Å²) in [6.45, 7) is 5.49. The van der Waals surface area contributed by atoms with Gasteiger partial charge >= 0.3 is 0 Å². The van der Waals surface area contributed by atoms with Gasteiger partial charge in [0, 0.05) is 25.2 Å². The van der Waals surface area contributed by atoms with Crippen molar-refractivity contribution >= 4 is 10.2 Å². The third-order valence-corrected chi connectivity index (χ3v) is 5.27. The van der Waals surface area contributed by atoms with Gasteiger partial charge in [0.05, 0.1) is 0 Å². The van der Waals surface area contributed by atoms with Gasteiger partial charge in [0.25, 0.3) is 10.2 Å². The number of piperidine rings is 1. The van der Waals surface area contributed by atoms with Gasteiger partial charge in [-0.15, -0.1) is 0 Å². The second-order valence-corrected chi connectivity index (χ2v) is 7.52. The van der Waals surface area contributed by atoms with Crippen LogP contribution in [-0.2, 0) is 10.2 Å². The van der Waals surface area contributed by atoms with Gasteiger partial charge in [-0.3, -0.25) is 0 Å². The predicted molar refractivity (Wildman–Crippen MR) is 67.6 cm³/mol. The Morgan fingerprint density at radius 3 is 2.12 bits per heavy atom. The van der Waals surface area contributed by atoms with Gasteiger partial charge < -0.3 is 5.73 Å². The lowest BCUT2D eigenvalue weighted by Crippen LogP contribution is -2.55. The molecule has 100 valence electrons. The van der Waals surface area contributed by atoms with Gasteiger partial charge in [0.1, 0.15) is 0 Å². The first-order valence-electron chi connectivity index (χ1n) is 6.40. The second-order valence-electron chi connectivity index (χ2n) is 5.81. The minimum absolute atomic E-state index is 0.0440. The van der Waals surface area contributed by atoms with Crippen LogP contribution in [-0.4, -0.2) is 37.9 Å². The van der Waals surface area contributed by atoms with Crippen molar-refractivity contribution in [2.45, 2.75) is 45.2 Å². The molecule has 3 N–H and O–H groups in total. The quantitative estimate of drug-likeness (QED) is 0.766. The summed E-state index contributed by atoms with van der Waals surface area (Å²) in [4.78, 5) is 0. The van der Waals surface area contributed by atoms with Gasteiger partial charge in [-0.1, -0.05) is 13.8 Å². The minimum atomic E-state index is -3.30. The summed E-state index contributed by atoms with van der Waals surface area (Å²) in [5.41, 5.74) is 5.66. The van der Waals surface area contributed by atoms with Crippen molar-refractivity contribution in [3.05, 3.63) is 0 Å². The molecule has 17 heavy (non-hydrogen) atoms. The van der Waals surface area contributed by atoms with Crippen LogP contribution in [0.25, 0.3) is 0 Å². The highest BCUT2D eigenvalue weighted by atomic mass is 32.2. The molecular weight excluding hydrogens is 238 g/mol. The van der Waals surface area contributed by atoms with E-state index in [-0.39, 0.29) is 12.1 Å². The highest BCUT2D eigenvalue weighted by Gasteiger charge is 2.35. The zero-order valence-corrected chi connectivity index (χ0v) is 11.4. The first-order valence-corrected chi connectivity index (χ1v) is 7.84. The first-order chi connectivity index (χ1) is 7.87. The number of nitrogens with two attached hydrogens (primary N) is 1. The fourth-order valence-corrected chi connectivity index (χ4v) is 4.51. The van der Waals surface area contributed by atoms with Crippen molar-refractivity contribution in [3.8, 4) is 0 Å². The van der Waals surface area contributed by atoms with Crippen molar-refractivity contribution in [1.29, 1.82) is 0 Å². The van der Waals surface area contributed by atoms with Crippen LogP contribution < -0.4 is 10.5 Å². The molecule has 0 aromatic carbocycles. The van der Waals surface area contributed by atoms with Gasteiger partial charge in [-0.05, 0) is 31.1 Å². The number of hydrogen-bond donors (Lipinski definition) is 2. The largest absolute Gasteiger partial charge is 0.328 e. The van der Waals surface area contributed by atoms with E-state index in [2.05, 4.69) is 18.6 Å². The minimum Gasteiger partial charge on any atom is -0.328 e. The fourth-order valence-electron chi connectivity index (χ4n) is 2.85. The molecule has 2 unspecified atom stereocenters. The van der Waals surface area contributed by atoms with E-state index >= 15 is 0 Å². The van der Waals surface area contributed by atoms with E-state index in [1.807, 2.05) is 0 Å².